The molecule has 0 aliphatic heterocycles. The summed E-state index contributed by atoms with van der Waals surface area (Å²) in [6, 6.07) is 6.42. The molecule has 0 bridgehead atoms. The smallest absolute Gasteiger partial charge is 0.328 e. The molecule has 0 aromatic heterocycles. The van der Waals surface area contributed by atoms with Crippen molar-refractivity contribution < 1.29 is 33.6 Å². The Bertz CT molecular complexity index is 614. The molecule has 140 valence electrons. The first-order chi connectivity index (χ1) is 12.6. The normalized spacial score (nSPS) is 10.6. The summed E-state index contributed by atoms with van der Waals surface area (Å²) >= 11 is 0. The second kappa shape index (κ2) is 13.6. The Kier molecular flexibility index (Phi) is 11.2. The Morgan fingerprint density at radius 2 is 1.50 bits per heavy atom. The van der Waals surface area contributed by atoms with Crippen molar-refractivity contribution in [1.29, 1.82) is 0 Å². The maximum Gasteiger partial charge on any atom is 0.328 e. The van der Waals surface area contributed by atoms with Gasteiger partial charge in [0.15, 0.2) is 5.78 Å². The third kappa shape index (κ3) is 10.3. The molecular weight excluding hydrogens is 340 g/mol. The van der Waals surface area contributed by atoms with Crippen LogP contribution in [-0.2, 0) is 19.0 Å². The molecule has 1 N–H and O–H groups in total. The van der Waals surface area contributed by atoms with Crippen molar-refractivity contribution in [3.8, 4) is 18.1 Å². The van der Waals surface area contributed by atoms with E-state index in [0.29, 0.717) is 51.0 Å². The fourth-order valence-corrected chi connectivity index (χ4v) is 1.75. The van der Waals surface area contributed by atoms with E-state index >= 15 is 0 Å². The Balaban J connectivity index is 2.10. The fourth-order valence-electron chi connectivity index (χ4n) is 1.75. The molecule has 0 spiro atoms. The maximum absolute atomic E-state index is 11.7. The van der Waals surface area contributed by atoms with E-state index < -0.39 is 5.97 Å². The molecule has 0 unspecified atom stereocenters. The third-order valence-corrected chi connectivity index (χ3v) is 2.94. The summed E-state index contributed by atoms with van der Waals surface area (Å²) in [5, 5.41) is 8.50. The van der Waals surface area contributed by atoms with Crippen LogP contribution in [0.1, 0.15) is 10.4 Å². The number of benzene rings is 1. The summed E-state index contributed by atoms with van der Waals surface area (Å²) in [4.78, 5) is 22.1. The van der Waals surface area contributed by atoms with Crippen LogP contribution in [0, 0.1) is 12.3 Å². The highest BCUT2D eigenvalue weighted by molar-refractivity contribution is 6.06. The van der Waals surface area contributed by atoms with Gasteiger partial charge in [0, 0.05) is 11.6 Å². The Morgan fingerprint density at radius 1 is 0.923 bits per heavy atom. The standard InChI is InChI=1S/C19H22O7/c1-2-9-23-10-11-24-12-13-25-14-15-26-17-5-3-16(4-6-17)18(20)7-8-19(21)22/h1,3-8H,9-15H2,(H,21,22)/b8-7+. The number of carboxylic acid groups (broad SMARTS) is 1. The highest BCUT2D eigenvalue weighted by Gasteiger charge is 2.03. The van der Waals surface area contributed by atoms with E-state index in [0.717, 1.165) is 12.2 Å². The van der Waals surface area contributed by atoms with Gasteiger partial charge in [0.1, 0.15) is 19.0 Å². The van der Waals surface area contributed by atoms with E-state index in [1.54, 1.807) is 24.3 Å². The van der Waals surface area contributed by atoms with Crippen molar-refractivity contribution in [2.75, 3.05) is 46.2 Å². The molecule has 0 radical (unpaired) electrons. The first-order valence-corrected chi connectivity index (χ1v) is 7.98. The minimum atomic E-state index is -1.17. The van der Waals surface area contributed by atoms with E-state index in [1.807, 2.05) is 0 Å². The third-order valence-electron chi connectivity index (χ3n) is 2.94. The summed E-state index contributed by atoms with van der Waals surface area (Å²) < 4.78 is 21.2. The number of ether oxygens (including phenoxy) is 4. The van der Waals surface area contributed by atoms with E-state index in [1.165, 1.54) is 0 Å². The quantitative estimate of drug-likeness (QED) is 0.232. The number of terminal acetylenes is 1. The highest BCUT2D eigenvalue weighted by atomic mass is 16.6. The Hall–Kier alpha value is -2.66. The number of carbonyl (C=O) groups is 2. The minimum absolute atomic E-state index is 0.283. The van der Waals surface area contributed by atoms with Crippen molar-refractivity contribution >= 4 is 11.8 Å². The average Bonchev–Trinajstić information content (AvgIpc) is 2.64. The SMILES string of the molecule is C#CCOCCOCCOCCOc1ccc(C(=O)/C=C/C(=O)O)cc1. The number of carbonyl (C=O) groups excluding carboxylic acids is 1. The van der Waals surface area contributed by atoms with Crippen LogP contribution in [-0.4, -0.2) is 63.1 Å². The molecular formula is C19H22O7. The van der Waals surface area contributed by atoms with Crippen LogP contribution in [0.25, 0.3) is 0 Å². The van der Waals surface area contributed by atoms with Gasteiger partial charge in [-0.15, -0.1) is 6.42 Å². The second-order valence-electron chi connectivity index (χ2n) is 4.89. The van der Waals surface area contributed by atoms with Crippen molar-refractivity contribution in [3.05, 3.63) is 42.0 Å². The molecule has 7 heteroatoms. The second-order valence-corrected chi connectivity index (χ2v) is 4.89. The molecule has 0 saturated carbocycles. The Morgan fingerprint density at radius 3 is 2.08 bits per heavy atom. The van der Waals surface area contributed by atoms with Gasteiger partial charge in [0.25, 0.3) is 0 Å². The lowest BCUT2D eigenvalue weighted by Gasteiger charge is -2.08. The number of hydrogen-bond donors (Lipinski definition) is 1. The van der Waals surface area contributed by atoms with Crippen LogP contribution in [0.4, 0.5) is 0 Å². The summed E-state index contributed by atoms with van der Waals surface area (Å²) in [5.74, 6) is 1.41. The first-order valence-electron chi connectivity index (χ1n) is 7.98. The molecule has 0 aliphatic rings. The van der Waals surface area contributed by atoms with Crippen molar-refractivity contribution in [2.45, 2.75) is 0 Å². The molecule has 0 aliphatic carbocycles. The van der Waals surface area contributed by atoms with Crippen molar-refractivity contribution in [3.63, 3.8) is 0 Å². The lowest BCUT2D eigenvalue weighted by atomic mass is 10.1. The topological polar surface area (TPSA) is 91.3 Å². The Labute approximate surface area is 152 Å². The van der Waals surface area contributed by atoms with Gasteiger partial charge in [-0.1, -0.05) is 5.92 Å². The van der Waals surface area contributed by atoms with Gasteiger partial charge >= 0.3 is 5.97 Å². The number of hydrogen-bond acceptors (Lipinski definition) is 6. The van der Waals surface area contributed by atoms with Crippen LogP contribution >= 0.6 is 0 Å². The van der Waals surface area contributed by atoms with Crippen LogP contribution in [0.15, 0.2) is 36.4 Å². The predicted octanol–water partition coefficient (Wildman–Crippen LogP) is 1.57. The van der Waals surface area contributed by atoms with Crippen LogP contribution < -0.4 is 4.74 Å². The van der Waals surface area contributed by atoms with Crippen LogP contribution in [0.5, 0.6) is 5.75 Å². The molecule has 0 fully saturated rings. The van der Waals surface area contributed by atoms with Crippen molar-refractivity contribution in [1.82, 2.24) is 0 Å². The van der Waals surface area contributed by atoms with E-state index in [2.05, 4.69) is 5.92 Å². The molecule has 1 aromatic carbocycles. The summed E-state index contributed by atoms with van der Waals surface area (Å²) in [6.07, 6.45) is 6.85. The summed E-state index contributed by atoms with van der Waals surface area (Å²) in [6.45, 7) is 2.87. The summed E-state index contributed by atoms with van der Waals surface area (Å²) in [7, 11) is 0. The largest absolute Gasteiger partial charge is 0.491 e. The molecule has 26 heavy (non-hydrogen) atoms. The molecule has 0 amide bonds. The van der Waals surface area contributed by atoms with Gasteiger partial charge in [-0.05, 0) is 30.3 Å². The zero-order valence-corrected chi connectivity index (χ0v) is 14.4. The molecule has 7 nitrogen and oxygen atoms in total. The van der Waals surface area contributed by atoms with Gasteiger partial charge in [-0.2, -0.15) is 0 Å². The van der Waals surface area contributed by atoms with E-state index in [9.17, 15) is 9.59 Å². The lowest BCUT2D eigenvalue weighted by molar-refractivity contribution is -0.131. The number of ketones is 1. The van der Waals surface area contributed by atoms with Crippen LogP contribution in [0.2, 0.25) is 0 Å². The van der Waals surface area contributed by atoms with Gasteiger partial charge in [-0.25, -0.2) is 4.79 Å². The molecule has 0 saturated heterocycles. The predicted molar refractivity (Wildman–Crippen MR) is 94.3 cm³/mol. The zero-order valence-electron chi connectivity index (χ0n) is 14.4. The number of aliphatic carboxylic acids is 1. The molecule has 1 aromatic rings. The molecule has 0 atom stereocenters. The highest BCUT2D eigenvalue weighted by Crippen LogP contribution is 2.12. The average molecular weight is 362 g/mol. The van der Waals surface area contributed by atoms with E-state index in [4.69, 9.17) is 30.5 Å². The molecule has 0 heterocycles. The number of rotatable bonds is 14. The zero-order chi connectivity index (χ0) is 19.0. The van der Waals surface area contributed by atoms with Gasteiger partial charge in [0.2, 0.25) is 0 Å². The number of allylic oxidation sites excluding steroid dienone is 1. The fraction of sp³-hybridized carbons (Fsp3) is 0.368. The first kappa shape index (κ1) is 21.4. The van der Waals surface area contributed by atoms with Gasteiger partial charge < -0.3 is 24.1 Å². The van der Waals surface area contributed by atoms with Crippen molar-refractivity contribution in [2.24, 2.45) is 0 Å². The maximum atomic E-state index is 11.7. The monoisotopic (exact) mass is 362 g/mol. The summed E-state index contributed by atoms with van der Waals surface area (Å²) in [5.41, 5.74) is 0.384. The minimum Gasteiger partial charge on any atom is -0.491 e. The molecule has 1 rings (SSSR count). The number of carboxylic acids is 1. The lowest BCUT2D eigenvalue weighted by Crippen LogP contribution is -2.12. The van der Waals surface area contributed by atoms with E-state index in [-0.39, 0.29) is 12.4 Å². The van der Waals surface area contributed by atoms with Gasteiger partial charge in [0.05, 0.1) is 33.0 Å². The van der Waals surface area contributed by atoms with Gasteiger partial charge in [-0.3, -0.25) is 4.79 Å². The van der Waals surface area contributed by atoms with Crippen LogP contribution in [0.3, 0.4) is 0 Å².